The highest BCUT2D eigenvalue weighted by Crippen LogP contribution is 2.36. The second-order valence-electron chi connectivity index (χ2n) is 10.3. The highest BCUT2D eigenvalue weighted by atomic mass is 35.5. The van der Waals surface area contributed by atoms with Crippen LogP contribution in [0.5, 0.6) is 0 Å². The zero-order valence-electron chi connectivity index (χ0n) is 21.6. The Morgan fingerprint density at radius 2 is 1.62 bits per heavy atom. The molecular weight excluding hydrogens is 546 g/mol. The molecule has 0 saturated carbocycles. The van der Waals surface area contributed by atoms with E-state index in [0.717, 1.165) is 36.5 Å². The summed E-state index contributed by atoms with van der Waals surface area (Å²) < 4.78 is 53.0. The lowest BCUT2D eigenvalue weighted by atomic mass is 10.0. The number of aryl methyl sites for hydroxylation is 1. The maximum absolute atomic E-state index is 14.2. The minimum Gasteiger partial charge on any atom is -0.371 e. The molecule has 2 saturated heterocycles. The lowest BCUT2D eigenvalue weighted by Crippen LogP contribution is -2.34. The highest BCUT2D eigenvalue weighted by Gasteiger charge is 2.42. The minimum absolute atomic E-state index is 0.0197. The van der Waals surface area contributed by atoms with Crippen LogP contribution < -0.4 is 10.2 Å². The molecule has 2 atom stereocenters. The number of rotatable bonds is 7. The van der Waals surface area contributed by atoms with E-state index in [0.29, 0.717) is 32.5 Å². The van der Waals surface area contributed by atoms with Crippen molar-refractivity contribution in [1.29, 1.82) is 0 Å². The predicted molar refractivity (Wildman–Crippen MR) is 145 cm³/mol. The van der Waals surface area contributed by atoms with Crippen LogP contribution in [0.1, 0.15) is 38.3 Å². The maximum atomic E-state index is 14.2. The molecular formula is C30H28ClF4N3O2. The Labute approximate surface area is 234 Å². The van der Waals surface area contributed by atoms with Crippen LogP contribution in [-0.2, 0) is 12.6 Å². The summed E-state index contributed by atoms with van der Waals surface area (Å²) in [6, 6.07) is 16.8. The molecule has 5 nitrogen and oxygen atoms in total. The third-order valence-electron chi connectivity index (χ3n) is 7.61. The van der Waals surface area contributed by atoms with E-state index in [2.05, 4.69) is 16.3 Å². The molecule has 2 amide bonds. The highest BCUT2D eigenvalue weighted by molar-refractivity contribution is 6.33. The molecule has 0 bridgehead atoms. The molecule has 210 valence electrons. The van der Waals surface area contributed by atoms with Crippen LogP contribution in [0, 0.1) is 17.7 Å². The number of nitrogens with zero attached hydrogens (tertiary/aromatic N) is 2. The van der Waals surface area contributed by atoms with E-state index in [9.17, 15) is 27.2 Å². The van der Waals surface area contributed by atoms with E-state index in [4.69, 9.17) is 11.6 Å². The molecule has 2 aliphatic heterocycles. The van der Waals surface area contributed by atoms with E-state index in [1.165, 1.54) is 30.3 Å². The molecule has 0 spiro atoms. The first-order valence-corrected chi connectivity index (χ1v) is 13.5. The molecule has 0 aliphatic carbocycles. The quantitative estimate of drug-likeness (QED) is 0.276. The molecule has 10 heteroatoms. The lowest BCUT2D eigenvalue weighted by molar-refractivity contribution is -0.137. The first kappa shape index (κ1) is 28.0. The molecule has 1 N–H and O–H groups in total. The molecule has 2 unspecified atom stereocenters. The topological polar surface area (TPSA) is 52.7 Å². The number of halogens is 5. The first-order valence-electron chi connectivity index (χ1n) is 13.1. The average molecular weight is 574 g/mol. The van der Waals surface area contributed by atoms with Crippen LogP contribution in [0.4, 0.5) is 23.2 Å². The van der Waals surface area contributed by atoms with Crippen molar-refractivity contribution in [2.75, 3.05) is 37.6 Å². The Balaban J connectivity index is 1.11. The van der Waals surface area contributed by atoms with Crippen molar-refractivity contribution in [3.63, 3.8) is 0 Å². The normalized spacial score (nSPS) is 18.6. The minimum atomic E-state index is -4.50. The van der Waals surface area contributed by atoms with E-state index in [1.54, 1.807) is 4.90 Å². The van der Waals surface area contributed by atoms with E-state index in [-0.39, 0.29) is 33.9 Å². The van der Waals surface area contributed by atoms with Gasteiger partial charge in [0.05, 0.1) is 16.1 Å². The summed E-state index contributed by atoms with van der Waals surface area (Å²) in [6.45, 7) is 3.01. The number of fused-ring (bicyclic) bond motifs is 1. The van der Waals surface area contributed by atoms with Crippen LogP contribution >= 0.6 is 11.6 Å². The fourth-order valence-electron chi connectivity index (χ4n) is 5.57. The molecule has 2 heterocycles. The Bertz CT molecular complexity index is 1380. The van der Waals surface area contributed by atoms with Crippen LogP contribution in [0.15, 0.2) is 66.7 Å². The number of anilines is 1. The fraction of sp³-hybridized carbons (Fsp3) is 0.333. The number of likely N-dealkylation sites (tertiary alicyclic amines) is 1. The monoisotopic (exact) mass is 573 g/mol. The van der Waals surface area contributed by atoms with E-state index in [1.807, 2.05) is 18.2 Å². The SMILES string of the molecule is O=C(NCCCc1cccc(N2CC3CN(C(=O)c4c(F)cccc4Cl)CC3C2)c1)c1cccc(C(F)(F)F)c1. The van der Waals surface area contributed by atoms with Crippen LogP contribution in [-0.4, -0.2) is 49.4 Å². The van der Waals surface area contributed by atoms with Crippen LogP contribution in [0.2, 0.25) is 5.02 Å². The Morgan fingerprint density at radius 1 is 0.925 bits per heavy atom. The van der Waals surface area contributed by atoms with Gasteiger partial charge in [-0.1, -0.05) is 35.9 Å². The number of alkyl halides is 3. The average Bonchev–Trinajstić information content (AvgIpc) is 3.51. The summed E-state index contributed by atoms with van der Waals surface area (Å²) in [7, 11) is 0. The number of amides is 2. The van der Waals surface area contributed by atoms with Crippen molar-refractivity contribution >= 4 is 29.1 Å². The van der Waals surface area contributed by atoms with Gasteiger partial charge in [-0.2, -0.15) is 13.2 Å². The predicted octanol–water partition coefficient (Wildman–Crippen LogP) is 6.07. The molecule has 0 aromatic heterocycles. The zero-order valence-corrected chi connectivity index (χ0v) is 22.3. The van der Waals surface area contributed by atoms with Gasteiger partial charge in [-0.05, 0) is 60.9 Å². The van der Waals surface area contributed by atoms with E-state index < -0.39 is 23.5 Å². The number of carbonyl (C=O) groups excluding carboxylic acids is 2. The Hall–Kier alpha value is -3.59. The third kappa shape index (κ3) is 6.09. The summed E-state index contributed by atoms with van der Waals surface area (Å²) in [5.41, 5.74) is 1.23. The van der Waals surface area contributed by atoms with Crippen molar-refractivity contribution in [3.05, 3.63) is 99.8 Å². The van der Waals surface area contributed by atoms with Gasteiger partial charge in [-0.25, -0.2) is 4.39 Å². The van der Waals surface area contributed by atoms with Crippen molar-refractivity contribution in [2.24, 2.45) is 11.8 Å². The van der Waals surface area contributed by atoms with Crippen molar-refractivity contribution < 1.29 is 27.2 Å². The van der Waals surface area contributed by atoms with Crippen LogP contribution in [0.25, 0.3) is 0 Å². The number of hydrogen-bond donors (Lipinski definition) is 1. The standard InChI is InChI=1S/C30H28ClF4N3O2/c31-25-10-3-11-26(32)27(25)29(40)38-17-21-15-37(16-22(21)18-38)24-9-1-5-19(13-24)6-4-12-36-28(39)20-7-2-8-23(14-20)30(33,34)35/h1-3,5,7-11,13-14,21-22H,4,6,12,15-18H2,(H,36,39). The molecule has 40 heavy (non-hydrogen) atoms. The molecule has 0 radical (unpaired) electrons. The third-order valence-corrected chi connectivity index (χ3v) is 7.92. The largest absolute Gasteiger partial charge is 0.416 e. The fourth-order valence-corrected chi connectivity index (χ4v) is 5.82. The van der Waals surface area contributed by atoms with Gasteiger partial charge >= 0.3 is 6.18 Å². The Kier molecular flexibility index (Phi) is 8.03. The number of nitrogens with one attached hydrogen (secondary N) is 1. The second kappa shape index (κ2) is 11.5. The van der Waals surface area contributed by atoms with Gasteiger partial charge in [0.25, 0.3) is 11.8 Å². The number of hydrogen-bond acceptors (Lipinski definition) is 3. The van der Waals surface area contributed by atoms with Crippen molar-refractivity contribution in [1.82, 2.24) is 10.2 Å². The lowest BCUT2D eigenvalue weighted by Gasteiger charge is -2.24. The van der Waals surface area contributed by atoms with E-state index >= 15 is 0 Å². The molecule has 3 aromatic rings. The van der Waals surface area contributed by atoms with Gasteiger partial charge in [-0.3, -0.25) is 9.59 Å². The van der Waals surface area contributed by atoms with Gasteiger partial charge in [0.1, 0.15) is 5.82 Å². The molecule has 3 aromatic carbocycles. The number of benzene rings is 3. The van der Waals surface area contributed by atoms with Crippen molar-refractivity contribution in [3.8, 4) is 0 Å². The van der Waals surface area contributed by atoms with Gasteiger partial charge in [0.15, 0.2) is 0 Å². The van der Waals surface area contributed by atoms with Gasteiger partial charge < -0.3 is 15.1 Å². The summed E-state index contributed by atoms with van der Waals surface area (Å²) >= 11 is 6.10. The first-order chi connectivity index (χ1) is 19.1. The zero-order chi connectivity index (χ0) is 28.4. The summed E-state index contributed by atoms with van der Waals surface area (Å²) in [4.78, 5) is 29.2. The van der Waals surface area contributed by atoms with Crippen LogP contribution in [0.3, 0.4) is 0 Å². The maximum Gasteiger partial charge on any atom is 0.416 e. The summed E-state index contributed by atoms with van der Waals surface area (Å²) in [6.07, 6.45) is -3.17. The Morgan fingerprint density at radius 3 is 2.33 bits per heavy atom. The van der Waals surface area contributed by atoms with Gasteiger partial charge in [-0.15, -0.1) is 0 Å². The smallest absolute Gasteiger partial charge is 0.371 e. The molecule has 2 aliphatic rings. The summed E-state index contributed by atoms with van der Waals surface area (Å²) in [5, 5.41) is 2.82. The van der Waals surface area contributed by atoms with Gasteiger partial charge in [0.2, 0.25) is 0 Å². The molecule has 5 rings (SSSR count). The number of carbonyl (C=O) groups is 2. The van der Waals surface area contributed by atoms with Crippen molar-refractivity contribution in [2.45, 2.75) is 19.0 Å². The molecule has 2 fully saturated rings. The summed E-state index contributed by atoms with van der Waals surface area (Å²) in [5.74, 6) is -0.948. The second-order valence-corrected chi connectivity index (χ2v) is 10.7. The van der Waals surface area contributed by atoms with Gasteiger partial charge in [0, 0.05) is 55.8 Å².